The van der Waals surface area contributed by atoms with E-state index >= 15 is 0 Å². The summed E-state index contributed by atoms with van der Waals surface area (Å²) < 4.78 is 12.6. The Hall–Kier alpha value is -3.28. The van der Waals surface area contributed by atoms with Gasteiger partial charge in [0, 0.05) is 12.0 Å². The number of nitrogens with zero attached hydrogens (tertiary/aromatic N) is 2. The fourth-order valence-electron chi connectivity index (χ4n) is 3.83. The predicted octanol–water partition coefficient (Wildman–Crippen LogP) is 3.66. The van der Waals surface area contributed by atoms with Crippen molar-refractivity contribution in [1.82, 2.24) is 9.78 Å². The van der Waals surface area contributed by atoms with Crippen LogP contribution in [0.15, 0.2) is 48.5 Å². The third-order valence-corrected chi connectivity index (χ3v) is 5.24. The van der Waals surface area contributed by atoms with Crippen molar-refractivity contribution in [3.05, 3.63) is 65.4 Å². The van der Waals surface area contributed by atoms with Gasteiger partial charge in [0.15, 0.2) is 11.5 Å². The smallest absolute Gasteiger partial charge is 0.231 e. The molecule has 1 aliphatic heterocycles. The molecule has 2 heterocycles. The van der Waals surface area contributed by atoms with Crippen LogP contribution in [-0.2, 0) is 24.1 Å². The van der Waals surface area contributed by atoms with Gasteiger partial charge in [-0.15, -0.1) is 0 Å². The standard InChI is InChI=1S/C22H21N3O3/c26-21(12-10-15-9-11-19-20(13-15)28-14-27-19)23-22-17-7-4-8-18(17)24-25(22)16-5-2-1-3-6-16/h1-3,5-6,9,11,13H,4,7-8,10,12,14H2,(H,23,26). The number of anilines is 1. The Bertz CT molecular complexity index is 1030. The molecular weight excluding hydrogens is 354 g/mol. The highest BCUT2D eigenvalue weighted by Gasteiger charge is 2.24. The van der Waals surface area contributed by atoms with Gasteiger partial charge in [0.2, 0.25) is 12.7 Å². The molecule has 0 radical (unpaired) electrons. The van der Waals surface area contributed by atoms with Crippen molar-refractivity contribution in [2.45, 2.75) is 32.1 Å². The first-order chi connectivity index (χ1) is 13.8. The minimum Gasteiger partial charge on any atom is -0.454 e. The molecule has 1 aromatic heterocycles. The number of para-hydroxylation sites is 1. The largest absolute Gasteiger partial charge is 0.454 e. The molecule has 1 N–H and O–H groups in total. The first kappa shape index (κ1) is 16.9. The Balaban J connectivity index is 1.32. The molecule has 0 saturated heterocycles. The first-order valence-corrected chi connectivity index (χ1v) is 9.62. The van der Waals surface area contributed by atoms with Gasteiger partial charge < -0.3 is 14.8 Å². The van der Waals surface area contributed by atoms with E-state index in [0.29, 0.717) is 12.8 Å². The number of benzene rings is 2. The number of amides is 1. The lowest BCUT2D eigenvalue weighted by molar-refractivity contribution is -0.116. The van der Waals surface area contributed by atoms with E-state index < -0.39 is 0 Å². The molecule has 0 fully saturated rings. The molecule has 5 rings (SSSR count). The number of nitrogens with one attached hydrogen (secondary N) is 1. The van der Waals surface area contributed by atoms with Crippen LogP contribution < -0.4 is 14.8 Å². The molecule has 1 amide bonds. The average Bonchev–Trinajstić information content (AvgIpc) is 3.44. The van der Waals surface area contributed by atoms with Crippen LogP contribution in [0, 0.1) is 0 Å². The second-order valence-corrected chi connectivity index (χ2v) is 7.11. The number of carbonyl (C=O) groups is 1. The molecule has 3 aromatic rings. The van der Waals surface area contributed by atoms with E-state index in [4.69, 9.17) is 14.6 Å². The number of rotatable bonds is 5. The molecule has 142 valence electrons. The zero-order valence-corrected chi connectivity index (χ0v) is 15.5. The van der Waals surface area contributed by atoms with Crippen molar-refractivity contribution in [1.29, 1.82) is 0 Å². The van der Waals surface area contributed by atoms with Crippen molar-refractivity contribution in [2.24, 2.45) is 0 Å². The summed E-state index contributed by atoms with van der Waals surface area (Å²) in [6, 6.07) is 15.8. The molecule has 0 unspecified atom stereocenters. The quantitative estimate of drug-likeness (QED) is 0.739. The maximum Gasteiger partial charge on any atom is 0.231 e. The summed E-state index contributed by atoms with van der Waals surface area (Å²) in [5.41, 5.74) is 4.28. The highest BCUT2D eigenvalue weighted by Crippen LogP contribution is 2.33. The predicted molar refractivity (Wildman–Crippen MR) is 105 cm³/mol. The van der Waals surface area contributed by atoms with Gasteiger partial charge in [0.05, 0.1) is 11.4 Å². The summed E-state index contributed by atoms with van der Waals surface area (Å²) in [5, 5.41) is 7.86. The fourth-order valence-corrected chi connectivity index (χ4v) is 3.83. The third kappa shape index (κ3) is 3.11. The Morgan fingerprint density at radius 1 is 1.07 bits per heavy atom. The Morgan fingerprint density at radius 3 is 2.82 bits per heavy atom. The molecule has 1 aliphatic carbocycles. The Kier molecular flexibility index (Phi) is 4.24. The van der Waals surface area contributed by atoms with E-state index in [9.17, 15) is 4.79 Å². The van der Waals surface area contributed by atoms with E-state index in [1.54, 1.807) is 0 Å². The van der Waals surface area contributed by atoms with Crippen LogP contribution in [0.2, 0.25) is 0 Å². The lowest BCUT2D eigenvalue weighted by Crippen LogP contribution is -2.16. The number of aryl methyl sites for hydroxylation is 2. The summed E-state index contributed by atoms with van der Waals surface area (Å²) in [6.07, 6.45) is 4.06. The average molecular weight is 375 g/mol. The van der Waals surface area contributed by atoms with Gasteiger partial charge in [-0.05, 0) is 55.5 Å². The van der Waals surface area contributed by atoms with Crippen LogP contribution >= 0.6 is 0 Å². The van der Waals surface area contributed by atoms with Gasteiger partial charge in [-0.1, -0.05) is 24.3 Å². The van der Waals surface area contributed by atoms with Crippen LogP contribution in [0.5, 0.6) is 11.5 Å². The van der Waals surface area contributed by atoms with Crippen LogP contribution in [-0.4, -0.2) is 22.5 Å². The van der Waals surface area contributed by atoms with Gasteiger partial charge in [0.25, 0.3) is 0 Å². The van der Waals surface area contributed by atoms with E-state index in [-0.39, 0.29) is 12.7 Å². The maximum atomic E-state index is 12.7. The highest BCUT2D eigenvalue weighted by atomic mass is 16.7. The minimum atomic E-state index is -0.00977. The molecule has 6 nitrogen and oxygen atoms in total. The summed E-state index contributed by atoms with van der Waals surface area (Å²) in [7, 11) is 0. The van der Waals surface area contributed by atoms with Crippen molar-refractivity contribution in [2.75, 3.05) is 12.1 Å². The SMILES string of the molecule is O=C(CCc1ccc2c(c1)OCO2)Nc1c2c(nn1-c1ccccc1)CCC2. The highest BCUT2D eigenvalue weighted by molar-refractivity contribution is 5.91. The topological polar surface area (TPSA) is 65.4 Å². The number of carbonyl (C=O) groups excluding carboxylic acids is 1. The molecule has 28 heavy (non-hydrogen) atoms. The normalized spacial score (nSPS) is 14.1. The minimum absolute atomic E-state index is 0.00977. The summed E-state index contributed by atoms with van der Waals surface area (Å²) in [4.78, 5) is 12.7. The molecule has 2 aliphatic rings. The molecule has 6 heteroatoms. The molecule has 0 spiro atoms. The molecule has 0 saturated carbocycles. The van der Waals surface area contributed by atoms with Crippen LogP contribution in [0.25, 0.3) is 5.69 Å². The zero-order chi connectivity index (χ0) is 18.9. The van der Waals surface area contributed by atoms with Crippen LogP contribution in [0.3, 0.4) is 0 Å². The van der Waals surface area contributed by atoms with Crippen LogP contribution in [0.4, 0.5) is 5.82 Å². The number of aromatic nitrogens is 2. The third-order valence-electron chi connectivity index (χ3n) is 5.24. The number of fused-ring (bicyclic) bond motifs is 2. The van der Waals surface area contributed by atoms with Crippen molar-refractivity contribution in [3.63, 3.8) is 0 Å². The number of hydrogen-bond acceptors (Lipinski definition) is 4. The van der Waals surface area contributed by atoms with Crippen LogP contribution in [0.1, 0.15) is 29.7 Å². The molecule has 2 aromatic carbocycles. The Morgan fingerprint density at radius 2 is 1.93 bits per heavy atom. The second kappa shape index (κ2) is 7.03. The fraction of sp³-hybridized carbons (Fsp3) is 0.273. The van der Waals surface area contributed by atoms with Crippen molar-refractivity contribution < 1.29 is 14.3 Å². The van der Waals surface area contributed by atoms with Gasteiger partial charge in [-0.3, -0.25) is 4.79 Å². The Labute approximate surface area is 163 Å². The first-order valence-electron chi connectivity index (χ1n) is 9.62. The van der Waals surface area contributed by atoms with Crippen molar-refractivity contribution in [3.8, 4) is 17.2 Å². The van der Waals surface area contributed by atoms with E-state index in [1.807, 2.05) is 53.2 Å². The lowest BCUT2D eigenvalue weighted by Gasteiger charge is -2.11. The number of ether oxygens (including phenoxy) is 2. The number of hydrogen-bond donors (Lipinski definition) is 1. The second-order valence-electron chi connectivity index (χ2n) is 7.11. The summed E-state index contributed by atoms with van der Waals surface area (Å²) in [5.74, 6) is 2.31. The molecular formula is C22H21N3O3. The van der Waals surface area contributed by atoms with E-state index in [1.165, 1.54) is 5.56 Å². The zero-order valence-electron chi connectivity index (χ0n) is 15.5. The van der Waals surface area contributed by atoms with Gasteiger partial charge >= 0.3 is 0 Å². The molecule has 0 bridgehead atoms. The van der Waals surface area contributed by atoms with E-state index in [0.717, 1.165) is 53.5 Å². The lowest BCUT2D eigenvalue weighted by atomic mass is 10.1. The summed E-state index contributed by atoms with van der Waals surface area (Å²) in [6.45, 7) is 0.258. The van der Waals surface area contributed by atoms with Gasteiger partial charge in [-0.25, -0.2) is 4.68 Å². The maximum absolute atomic E-state index is 12.7. The van der Waals surface area contributed by atoms with Crippen molar-refractivity contribution >= 4 is 11.7 Å². The van der Waals surface area contributed by atoms with E-state index in [2.05, 4.69) is 5.32 Å². The molecule has 0 atom stereocenters. The van der Waals surface area contributed by atoms with Gasteiger partial charge in [0.1, 0.15) is 5.82 Å². The summed E-state index contributed by atoms with van der Waals surface area (Å²) >= 11 is 0. The van der Waals surface area contributed by atoms with Gasteiger partial charge in [-0.2, -0.15) is 5.10 Å². The monoisotopic (exact) mass is 375 g/mol.